The minimum atomic E-state index is -0.468. The topological polar surface area (TPSA) is 86.3 Å². The third kappa shape index (κ3) is 2.20. The Balaban J connectivity index is 2.10. The predicted molar refractivity (Wildman–Crippen MR) is 81.8 cm³/mol. The Morgan fingerprint density at radius 1 is 1.27 bits per heavy atom. The van der Waals surface area contributed by atoms with Gasteiger partial charge in [0.05, 0.1) is 5.52 Å². The van der Waals surface area contributed by atoms with Crippen LogP contribution in [0.1, 0.15) is 15.9 Å². The lowest BCUT2D eigenvalue weighted by Crippen LogP contribution is -2.30. The molecule has 2 N–H and O–H groups in total. The Morgan fingerprint density at radius 2 is 2.05 bits per heavy atom. The molecule has 0 aliphatic carbocycles. The molecule has 0 unspecified atom stereocenters. The SMILES string of the molecule is Cc1ccccc1C(=O)N(C=O)c1n[nH]c2ccc(O)cc12. The molecule has 3 aromatic rings. The highest BCUT2D eigenvalue weighted by molar-refractivity contribution is 6.18. The molecule has 0 saturated heterocycles. The van der Waals surface area contributed by atoms with Gasteiger partial charge in [0.15, 0.2) is 5.82 Å². The molecule has 0 atom stereocenters. The largest absolute Gasteiger partial charge is 0.508 e. The maximum atomic E-state index is 12.6. The summed E-state index contributed by atoms with van der Waals surface area (Å²) in [5, 5.41) is 16.8. The molecule has 2 amide bonds. The summed E-state index contributed by atoms with van der Waals surface area (Å²) < 4.78 is 0. The number of hydrogen-bond acceptors (Lipinski definition) is 4. The molecule has 0 saturated carbocycles. The lowest BCUT2D eigenvalue weighted by molar-refractivity contribution is -0.107. The standard InChI is InChI=1S/C16H13N3O3/c1-10-4-2-3-5-12(10)16(22)19(9-20)15-13-8-11(21)6-7-14(13)17-18-15/h2-9,21H,1H3,(H,17,18). The van der Waals surface area contributed by atoms with Crippen molar-refractivity contribution >= 4 is 29.0 Å². The number of amides is 2. The number of benzene rings is 2. The van der Waals surface area contributed by atoms with Gasteiger partial charge in [0, 0.05) is 10.9 Å². The third-order valence-corrected chi connectivity index (χ3v) is 3.45. The first-order valence-corrected chi connectivity index (χ1v) is 6.63. The number of carbonyl (C=O) groups excluding carboxylic acids is 2. The molecule has 0 fully saturated rings. The fraction of sp³-hybridized carbons (Fsp3) is 0.0625. The second kappa shape index (κ2) is 5.33. The van der Waals surface area contributed by atoms with E-state index in [4.69, 9.17) is 0 Å². The van der Waals surface area contributed by atoms with Crippen LogP contribution in [-0.4, -0.2) is 27.6 Å². The van der Waals surface area contributed by atoms with Crippen LogP contribution < -0.4 is 4.90 Å². The molecule has 110 valence electrons. The number of rotatable bonds is 3. The van der Waals surface area contributed by atoms with E-state index in [1.165, 1.54) is 12.1 Å². The van der Waals surface area contributed by atoms with Gasteiger partial charge < -0.3 is 5.11 Å². The maximum Gasteiger partial charge on any atom is 0.266 e. The number of aromatic hydroxyl groups is 1. The molecule has 0 bridgehead atoms. The van der Waals surface area contributed by atoms with Crippen LogP contribution in [0.4, 0.5) is 5.82 Å². The molecule has 6 heteroatoms. The summed E-state index contributed by atoms with van der Waals surface area (Å²) in [6.45, 7) is 1.80. The number of aromatic amines is 1. The summed E-state index contributed by atoms with van der Waals surface area (Å²) in [5.74, 6) is -0.275. The zero-order valence-corrected chi connectivity index (χ0v) is 11.8. The smallest absolute Gasteiger partial charge is 0.266 e. The number of nitrogens with one attached hydrogen (secondary N) is 1. The van der Waals surface area contributed by atoms with E-state index in [9.17, 15) is 14.7 Å². The summed E-state index contributed by atoms with van der Waals surface area (Å²) in [6.07, 6.45) is 0.425. The van der Waals surface area contributed by atoms with Crippen LogP contribution in [0.15, 0.2) is 42.5 Å². The Morgan fingerprint density at radius 3 is 2.77 bits per heavy atom. The van der Waals surface area contributed by atoms with Crippen molar-refractivity contribution in [3.63, 3.8) is 0 Å². The van der Waals surface area contributed by atoms with Crippen molar-refractivity contribution in [2.75, 3.05) is 4.90 Å². The molecule has 6 nitrogen and oxygen atoms in total. The lowest BCUT2D eigenvalue weighted by Gasteiger charge is -2.14. The quantitative estimate of drug-likeness (QED) is 0.726. The fourth-order valence-electron chi connectivity index (χ4n) is 2.31. The van der Waals surface area contributed by atoms with Crippen LogP contribution in [0.3, 0.4) is 0 Å². The fourth-order valence-corrected chi connectivity index (χ4v) is 2.31. The summed E-state index contributed by atoms with van der Waals surface area (Å²) in [7, 11) is 0. The number of nitrogens with zero attached hydrogens (tertiary/aromatic N) is 2. The van der Waals surface area contributed by atoms with Crippen molar-refractivity contribution in [3.05, 3.63) is 53.6 Å². The first kappa shape index (κ1) is 13.8. The average molecular weight is 295 g/mol. The van der Waals surface area contributed by atoms with Crippen LogP contribution in [0.5, 0.6) is 5.75 Å². The minimum Gasteiger partial charge on any atom is -0.508 e. The first-order chi connectivity index (χ1) is 10.6. The van der Waals surface area contributed by atoms with Crippen LogP contribution in [0, 0.1) is 6.92 Å². The van der Waals surface area contributed by atoms with Gasteiger partial charge in [0.1, 0.15) is 5.75 Å². The molecule has 1 heterocycles. The van der Waals surface area contributed by atoms with Gasteiger partial charge in [-0.2, -0.15) is 5.10 Å². The zero-order valence-electron chi connectivity index (χ0n) is 11.8. The van der Waals surface area contributed by atoms with E-state index >= 15 is 0 Å². The molecule has 0 radical (unpaired) electrons. The van der Waals surface area contributed by atoms with Gasteiger partial charge in [-0.3, -0.25) is 14.7 Å². The number of phenolic OH excluding ortho intramolecular Hbond substituents is 1. The van der Waals surface area contributed by atoms with Crippen molar-refractivity contribution < 1.29 is 14.7 Å². The number of aryl methyl sites for hydroxylation is 1. The lowest BCUT2D eigenvalue weighted by atomic mass is 10.1. The molecule has 2 aromatic carbocycles. The second-order valence-electron chi connectivity index (χ2n) is 4.87. The van der Waals surface area contributed by atoms with Crippen molar-refractivity contribution in [3.8, 4) is 5.75 Å². The number of fused-ring (bicyclic) bond motifs is 1. The van der Waals surface area contributed by atoms with Gasteiger partial charge in [0.25, 0.3) is 5.91 Å². The Labute approximate surface area is 126 Å². The van der Waals surface area contributed by atoms with E-state index < -0.39 is 5.91 Å². The summed E-state index contributed by atoms with van der Waals surface area (Å²) in [4.78, 5) is 25.0. The number of hydrogen-bond donors (Lipinski definition) is 2. The molecule has 3 rings (SSSR count). The highest BCUT2D eigenvalue weighted by Crippen LogP contribution is 2.28. The molecule has 1 aromatic heterocycles. The minimum absolute atomic E-state index is 0.0318. The summed E-state index contributed by atoms with van der Waals surface area (Å²) >= 11 is 0. The van der Waals surface area contributed by atoms with Crippen LogP contribution in [0.25, 0.3) is 10.9 Å². The Bertz CT molecular complexity index is 870. The molecule has 0 spiro atoms. The average Bonchev–Trinajstić information content (AvgIpc) is 2.91. The van der Waals surface area contributed by atoms with Crippen LogP contribution >= 0.6 is 0 Å². The van der Waals surface area contributed by atoms with Crippen molar-refractivity contribution in [1.29, 1.82) is 0 Å². The molecular formula is C16H13N3O3. The second-order valence-corrected chi connectivity index (χ2v) is 4.87. The van der Waals surface area contributed by atoms with Crippen molar-refractivity contribution in [2.45, 2.75) is 6.92 Å². The van der Waals surface area contributed by atoms with Crippen molar-refractivity contribution in [2.24, 2.45) is 0 Å². The highest BCUT2D eigenvalue weighted by Gasteiger charge is 2.23. The van der Waals surface area contributed by atoms with E-state index in [1.807, 2.05) is 6.07 Å². The van der Waals surface area contributed by atoms with E-state index in [-0.39, 0.29) is 11.6 Å². The van der Waals surface area contributed by atoms with E-state index in [0.717, 1.165) is 10.5 Å². The molecule has 22 heavy (non-hydrogen) atoms. The van der Waals surface area contributed by atoms with Gasteiger partial charge in [0.2, 0.25) is 6.41 Å². The molecular weight excluding hydrogens is 282 g/mol. The first-order valence-electron chi connectivity index (χ1n) is 6.63. The Kier molecular flexibility index (Phi) is 3.34. The zero-order chi connectivity index (χ0) is 15.7. The number of imide groups is 1. The van der Waals surface area contributed by atoms with Gasteiger partial charge >= 0.3 is 0 Å². The van der Waals surface area contributed by atoms with E-state index in [1.54, 1.807) is 31.2 Å². The number of H-pyrrole nitrogens is 1. The van der Waals surface area contributed by atoms with Crippen LogP contribution in [-0.2, 0) is 4.79 Å². The number of anilines is 1. The van der Waals surface area contributed by atoms with Crippen molar-refractivity contribution in [1.82, 2.24) is 10.2 Å². The maximum absolute atomic E-state index is 12.6. The monoisotopic (exact) mass is 295 g/mol. The van der Waals surface area contributed by atoms with E-state index in [2.05, 4.69) is 10.2 Å². The molecule has 0 aliphatic rings. The number of aromatic nitrogens is 2. The van der Waals surface area contributed by atoms with Crippen LogP contribution in [0.2, 0.25) is 0 Å². The summed E-state index contributed by atoms with van der Waals surface area (Å²) in [5.41, 5.74) is 1.81. The third-order valence-electron chi connectivity index (χ3n) is 3.45. The van der Waals surface area contributed by atoms with Gasteiger partial charge in [-0.1, -0.05) is 18.2 Å². The number of carbonyl (C=O) groups is 2. The van der Waals surface area contributed by atoms with Gasteiger partial charge in [-0.15, -0.1) is 0 Å². The van der Waals surface area contributed by atoms with Gasteiger partial charge in [-0.25, -0.2) is 4.90 Å². The Hall–Kier alpha value is -3.15. The highest BCUT2D eigenvalue weighted by atomic mass is 16.3. The molecule has 0 aliphatic heterocycles. The van der Waals surface area contributed by atoms with Gasteiger partial charge in [-0.05, 0) is 36.8 Å². The predicted octanol–water partition coefficient (Wildman–Crippen LogP) is 2.38. The normalized spacial score (nSPS) is 10.6. The summed E-state index contributed by atoms with van der Waals surface area (Å²) in [6, 6.07) is 11.6. The number of phenols is 1. The van der Waals surface area contributed by atoms with E-state index in [0.29, 0.717) is 22.9 Å².